The van der Waals surface area contributed by atoms with E-state index in [1.807, 2.05) is 37.3 Å². The zero-order chi connectivity index (χ0) is 31.7. The lowest BCUT2D eigenvalue weighted by atomic mass is 9.74. The first kappa shape index (κ1) is 36.2. The topological polar surface area (TPSA) is 70.5 Å². The second kappa shape index (κ2) is 15.1. The van der Waals surface area contributed by atoms with Crippen LogP contribution >= 0.6 is 27.0 Å². The smallest absolute Gasteiger partial charge is 0.314 e. The first-order valence-corrected chi connectivity index (χ1v) is 15.0. The monoisotopic (exact) mass is 687 g/mol. The Bertz CT molecular complexity index is 1690. The molecule has 1 saturated heterocycles. The van der Waals surface area contributed by atoms with E-state index in [1.165, 1.54) is 24.3 Å². The Kier molecular flexibility index (Phi) is 11.6. The summed E-state index contributed by atoms with van der Waals surface area (Å²) in [6, 6.07) is 19.6. The number of aromatic nitrogens is 2. The molecule has 6 rings (SSSR count). The number of alkyl halides is 3. The van der Waals surface area contributed by atoms with Crippen LogP contribution in [0.25, 0.3) is 5.69 Å². The minimum Gasteiger partial charge on any atom is -0.314 e. The van der Waals surface area contributed by atoms with Gasteiger partial charge in [-0.2, -0.15) is 45.3 Å². The van der Waals surface area contributed by atoms with Crippen molar-refractivity contribution in [1.82, 2.24) is 20.0 Å². The van der Waals surface area contributed by atoms with Gasteiger partial charge in [-0.05, 0) is 48.9 Å². The van der Waals surface area contributed by atoms with E-state index in [4.69, 9.17) is 5.10 Å². The van der Waals surface area contributed by atoms with Gasteiger partial charge in [0, 0.05) is 62.7 Å². The molecule has 2 aliphatic rings. The lowest BCUT2D eigenvalue weighted by Crippen LogP contribution is -2.46. The van der Waals surface area contributed by atoms with Gasteiger partial charge in [0.1, 0.15) is 11.6 Å². The third kappa shape index (κ3) is 7.43. The average Bonchev–Trinajstić information content (AvgIpc) is 3.40. The second-order valence-corrected chi connectivity index (χ2v) is 11.4. The molecule has 1 fully saturated rings. The van der Waals surface area contributed by atoms with Gasteiger partial charge in [0.05, 0.1) is 22.9 Å². The molecular weight excluding hydrogens is 651 g/mol. The van der Waals surface area contributed by atoms with Gasteiger partial charge in [0.25, 0.3) is 0 Å². The average molecular weight is 688 g/mol. The molecule has 3 heterocycles. The minimum atomic E-state index is -4.62. The molecular formula is C34H37F4N5O2S2. The van der Waals surface area contributed by atoms with Crippen LogP contribution in [-0.2, 0) is 17.5 Å². The molecule has 1 aromatic heterocycles. The van der Waals surface area contributed by atoms with Gasteiger partial charge in [-0.25, -0.2) is 9.07 Å². The normalized spacial score (nSPS) is 18.2. The molecule has 0 aliphatic carbocycles. The second-order valence-electron chi connectivity index (χ2n) is 11.4. The number of carbonyl (C=O) groups is 2. The standard InChI is InChI=1S/C34H33F4N5O2.2H2S/c1-2-42-32-31(28(21-41-17-15-39-16-18-41)40-43(32)26-9-4-3-5-10-26)30(22-11-13-25(35)14-12-22)27(33(42)45)20-29(44)23-7-6-8-24(19-23)34(36,37)38;;/h3-14,19,27,30,39H,2,15-18,20-21H2,1H3;2*1H2/t27-,30+;;/m0../s1. The number of carbonyl (C=O) groups excluding carboxylic acids is 2. The van der Waals surface area contributed by atoms with Crippen molar-refractivity contribution in [2.45, 2.75) is 32.0 Å². The Labute approximate surface area is 284 Å². The molecule has 1 N–H and O–H groups in total. The zero-order valence-corrected chi connectivity index (χ0v) is 27.7. The maximum absolute atomic E-state index is 14.4. The van der Waals surface area contributed by atoms with Crippen LogP contribution in [0, 0.1) is 11.7 Å². The lowest BCUT2D eigenvalue weighted by Gasteiger charge is -2.38. The summed E-state index contributed by atoms with van der Waals surface area (Å²) < 4.78 is 56.4. The highest BCUT2D eigenvalue weighted by molar-refractivity contribution is 7.59. The fourth-order valence-electron chi connectivity index (χ4n) is 6.41. The van der Waals surface area contributed by atoms with Gasteiger partial charge in [0.2, 0.25) is 5.91 Å². The van der Waals surface area contributed by atoms with Crippen molar-refractivity contribution in [1.29, 1.82) is 0 Å². The number of Topliss-reactive ketones (excluding diaryl/α,β-unsaturated/α-hetero) is 1. The van der Waals surface area contributed by atoms with Gasteiger partial charge in [-0.3, -0.25) is 19.4 Å². The molecule has 0 saturated carbocycles. The summed E-state index contributed by atoms with van der Waals surface area (Å²) in [7, 11) is 0. The maximum atomic E-state index is 14.4. The summed E-state index contributed by atoms with van der Waals surface area (Å²) in [5, 5.41) is 8.42. The van der Waals surface area contributed by atoms with Gasteiger partial charge >= 0.3 is 6.18 Å². The lowest BCUT2D eigenvalue weighted by molar-refractivity contribution is -0.137. The zero-order valence-electron chi connectivity index (χ0n) is 25.7. The summed E-state index contributed by atoms with van der Waals surface area (Å²) in [6.45, 7) is 5.82. The fourth-order valence-corrected chi connectivity index (χ4v) is 6.41. The van der Waals surface area contributed by atoms with Crippen LogP contribution in [-0.4, -0.2) is 59.1 Å². The Morgan fingerprint density at radius 1 is 0.957 bits per heavy atom. The largest absolute Gasteiger partial charge is 0.416 e. The van der Waals surface area contributed by atoms with Gasteiger partial charge in [-0.1, -0.05) is 42.5 Å². The van der Waals surface area contributed by atoms with Crippen LogP contribution in [0.2, 0.25) is 0 Å². The highest BCUT2D eigenvalue weighted by Gasteiger charge is 2.46. The molecule has 7 nitrogen and oxygen atoms in total. The van der Waals surface area contributed by atoms with Crippen LogP contribution in [0.4, 0.5) is 23.4 Å². The van der Waals surface area contributed by atoms with Crippen molar-refractivity contribution in [3.05, 3.63) is 113 Å². The Hall–Kier alpha value is -3.65. The van der Waals surface area contributed by atoms with Crippen molar-refractivity contribution < 1.29 is 27.2 Å². The summed E-state index contributed by atoms with van der Waals surface area (Å²) >= 11 is 0. The van der Waals surface area contributed by atoms with Crippen LogP contribution in [0.15, 0.2) is 78.9 Å². The van der Waals surface area contributed by atoms with E-state index in [1.54, 1.807) is 21.7 Å². The molecule has 0 radical (unpaired) electrons. The third-order valence-corrected chi connectivity index (χ3v) is 8.57. The van der Waals surface area contributed by atoms with E-state index in [0.717, 1.165) is 55.3 Å². The van der Waals surface area contributed by atoms with Gasteiger partial charge in [-0.15, -0.1) is 0 Å². The number of hydrogen-bond acceptors (Lipinski definition) is 5. The van der Waals surface area contributed by atoms with E-state index >= 15 is 0 Å². The number of nitrogens with zero attached hydrogens (tertiary/aromatic N) is 4. The number of piperazine rings is 1. The summed E-state index contributed by atoms with van der Waals surface area (Å²) in [5.41, 5.74) is 1.81. The summed E-state index contributed by atoms with van der Waals surface area (Å²) in [4.78, 5) is 32.0. The highest BCUT2D eigenvalue weighted by atomic mass is 32.1. The number of benzene rings is 3. The van der Waals surface area contributed by atoms with Gasteiger partial charge < -0.3 is 5.32 Å². The van der Waals surface area contributed by atoms with E-state index in [2.05, 4.69) is 10.2 Å². The Balaban J connectivity index is 0.00000250. The van der Waals surface area contributed by atoms with Crippen molar-refractivity contribution in [2.24, 2.45) is 5.92 Å². The molecule has 13 heteroatoms. The number of fused-ring (bicyclic) bond motifs is 1. The highest BCUT2D eigenvalue weighted by Crippen LogP contribution is 2.48. The number of halogens is 4. The van der Waals surface area contributed by atoms with Crippen LogP contribution in [0.5, 0.6) is 0 Å². The minimum absolute atomic E-state index is 0. The number of nitrogens with one attached hydrogen (secondary N) is 1. The molecule has 3 aromatic carbocycles. The first-order valence-electron chi connectivity index (χ1n) is 15.0. The molecule has 4 aromatic rings. The molecule has 250 valence electrons. The fraction of sp³-hybridized carbons (Fsp3) is 0.324. The van der Waals surface area contributed by atoms with Crippen molar-refractivity contribution >= 4 is 44.5 Å². The molecule has 47 heavy (non-hydrogen) atoms. The molecule has 1 amide bonds. The SMILES string of the molecule is CCN1C(=O)[C@@H](CC(=O)c2cccc(C(F)(F)F)c2)[C@@H](c2ccc(F)cc2)c2c(CN3CCNCC3)nn(-c3ccccc3)c21.S.S. The van der Waals surface area contributed by atoms with Crippen LogP contribution in [0.1, 0.15) is 52.0 Å². The molecule has 0 spiro atoms. The summed E-state index contributed by atoms with van der Waals surface area (Å²) in [6.07, 6.45) is -4.95. The predicted molar refractivity (Wildman–Crippen MR) is 183 cm³/mol. The summed E-state index contributed by atoms with van der Waals surface area (Å²) in [5.74, 6) is -2.44. The van der Waals surface area contributed by atoms with Crippen LogP contribution in [0.3, 0.4) is 0 Å². The predicted octanol–water partition coefficient (Wildman–Crippen LogP) is 6.05. The molecule has 2 atom stereocenters. The van der Waals surface area contributed by atoms with Crippen molar-refractivity contribution in [2.75, 3.05) is 37.6 Å². The Morgan fingerprint density at radius 3 is 2.28 bits per heavy atom. The Morgan fingerprint density at radius 2 is 1.64 bits per heavy atom. The van der Waals surface area contributed by atoms with Crippen molar-refractivity contribution in [3.63, 3.8) is 0 Å². The number of para-hydroxylation sites is 1. The number of rotatable bonds is 8. The number of hydrogen-bond donors (Lipinski definition) is 1. The van der Waals surface area contributed by atoms with Gasteiger partial charge in [0.15, 0.2) is 5.78 Å². The third-order valence-electron chi connectivity index (χ3n) is 8.57. The van der Waals surface area contributed by atoms with E-state index in [-0.39, 0.29) is 51.4 Å². The molecule has 2 aliphatic heterocycles. The van der Waals surface area contributed by atoms with Crippen molar-refractivity contribution in [3.8, 4) is 5.69 Å². The van der Waals surface area contributed by atoms with E-state index < -0.39 is 35.2 Å². The van der Waals surface area contributed by atoms with Crippen LogP contribution < -0.4 is 10.2 Å². The first-order chi connectivity index (χ1) is 21.7. The number of anilines is 1. The molecule has 0 unspecified atom stereocenters. The number of ketones is 1. The quantitative estimate of drug-likeness (QED) is 0.181. The number of amides is 1. The van der Waals surface area contributed by atoms with E-state index in [0.29, 0.717) is 17.9 Å². The maximum Gasteiger partial charge on any atom is 0.416 e. The van der Waals surface area contributed by atoms with E-state index in [9.17, 15) is 27.2 Å². The molecule has 0 bridgehead atoms.